The van der Waals surface area contributed by atoms with Gasteiger partial charge in [0.05, 0.1) is 5.60 Å². The number of hydrogen-bond donors (Lipinski definition) is 3. The highest BCUT2D eigenvalue weighted by Crippen LogP contribution is 2.16. The summed E-state index contributed by atoms with van der Waals surface area (Å²) in [6.45, 7) is 6.40. The van der Waals surface area contributed by atoms with E-state index in [2.05, 4.69) is 5.32 Å². The van der Waals surface area contributed by atoms with Gasteiger partial charge in [-0.05, 0) is 37.5 Å². The highest BCUT2D eigenvalue weighted by atomic mass is 19.1. The fourth-order valence-corrected chi connectivity index (χ4v) is 2.28. The van der Waals surface area contributed by atoms with Crippen molar-refractivity contribution in [3.05, 3.63) is 35.1 Å². The van der Waals surface area contributed by atoms with Crippen molar-refractivity contribution in [2.45, 2.75) is 39.3 Å². The fraction of sp³-hybridized carbons (Fsp3) is 0.533. The van der Waals surface area contributed by atoms with E-state index < -0.39 is 17.3 Å². The van der Waals surface area contributed by atoms with E-state index >= 15 is 0 Å². The molecule has 112 valence electrons. The maximum Gasteiger partial charge on any atom is 0.248 e. The van der Waals surface area contributed by atoms with Gasteiger partial charge in [-0.25, -0.2) is 4.39 Å². The molecule has 0 heterocycles. The molecule has 0 saturated carbocycles. The van der Waals surface area contributed by atoms with E-state index in [1.807, 2.05) is 13.8 Å². The van der Waals surface area contributed by atoms with Gasteiger partial charge in [-0.3, -0.25) is 4.79 Å². The van der Waals surface area contributed by atoms with E-state index in [9.17, 15) is 14.3 Å². The first kappa shape index (κ1) is 16.6. The zero-order chi connectivity index (χ0) is 15.3. The topological polar surface area (TPSA) is 75.3 Å². The van der Waals surface area contributed by atoms with Crippen LogP contribution in [0.3, 0.4) is 0 Å². The van der Waals surface area contributed by atoms with Crippen LogP contribution in [0.1, 0.15) is 43.1 Å². The third kappa shape index (κ3) is 5.27. The largest absolute Gasteiger partial charge is 0.389 e. The molecule has 0 aliphatic rings. The Kier molecular flexibility index (Phi) is 5.65. The summed E-state index contributed by atoms with van der Waals surface area (Å²) in [7, 11) is 0. The van der Waals surface area contributed by atoms with Gasteiger partial charge in [0.1, 0.15) is 5.82 Å². The minimum atomic E-state index is -0.841. The molecule has 1 unspecified atom stereocenters. The molecule has 0 radical (unpaired) electrons. The lowest BCUT2D eigenvalue weighted by atomic mass is 9.94. The van der Waals surface area contributed by atoms with Crippen LogP contribution >= 0.6 is 0 Å². The van der Waals surface area contributed by atoms with Crippen molar-refractivity contribution in [2.75, 3.05) is 6.54 Å². The normalized spacial score (nSPS) is 14.3. The monoisotopic (exact) mass is 282 g/mol. The van der Waals surface area contributed by atoms with Crippen molar-refractivity contribution in [3.63, 3.8) is 0 Å². The summed E-state index contributed by atoms with van der Waals surface area (Å²) in [5, 5.41) is 13.2. The van der Waals surface area contributed by atoms with Crippen molar-refractivity contribution >= 4 is 5.91 Å². The lowest BCUT2D eigenvalue weighted by Crippen LogP contribution is -2.38. The summed E-state index contributed by atoms with van der Waals surface area (Å²) in [6.07, 6.45) is 0.657. The van der Waals surface area contributed by atoms with Crippen molar-refractivity contribution in [2.24, 2.45) is 11.7 Å². The Morgan fingerprint density at radius 1 is 1.50 bits per heavy atom. The van der Waals surface area contributed by atoms with E-state index in [0.29, 0.717) is 24.4 Å². The first-order chi connectivity index (χ1) is 9.21. The van der Waals surface area contributed by atoms with Crippen LogP contribution in [0.15, 0.2) is 18.2 Å². The van der Waals surface area contributed by atoms with Crippen LogP contribution in [0.25, 0.3) is 0 Å². The quantitative estimate of drug-likeness (QED) is 0.714. The summed E-state index contributed by atoms with van der Waals surface area (Å²) < 4.78 is 13.6. The number of amides is 1. The number of nitrogens with one attached hydrogen (secondary N) is 1. The van der Waals surface area contributed by atoms with E-state index in [1.54, 1.807) is 6.92 Å². The first-order valence-corrected chi connectivity index (χ1v) is 6.72. The molecule has 1 aromatic carbocycles. The van der Waals surface area contributed by atoms with Crippen LogP contribution in [0.2, 0.25) is 0 Å². The molecule has 0 spiro atoms. The van der Waals surface area contributed by atoms with Gasteiger partial charge < -0.3 is 16.2 Å². The summed E-state index contributed by atoms with van der Waals surface area (Å²) in [4.78, 5) is 11.1. The zero-order valence-corrected chi connectivity index (χ0v) is 12.2. The van der Waals surface area contributed by atoms with Crippen molar-refractivity contribution in [1.29, 1.82) is 0 Å². The highest BCUT2D eigenvalue weighted by molar-refractivity contribution is 5.92. The van der Waals surface area contributed by atoms with Gasteiger partial charge in [0, 0.05) is 24.2 Å². The highest BCUT2D eigenvalue weighted by Gasteiger charge is 2.21. The van der Waals surface area contributed by atoms with E-state index in [4.69, 9.17) is 5.73 Å². The Bertz CT molecular complexity index is 473. The summed E-state index contributed by atoms with van der Waals surface area (Å²) >= 11 is 0. The molecule has 0 aliphatic carbocycles. The third-order valence-electron chi connectivity index (χ3n) is 3.00. The summed E-state index contributed by atoms with van der Waals surface area (Å²) in [5.41, 5.74) is 4.96. The molecule has 0 bridgehead atoms. The van der Waals surface area contributed by atoms with E-state index in [-0.39, 0.29) is 12.1 Å². The Morgan fingerprint density at radius 2 is 2.15 bits per heavy atom. The number of halogens is 1. The second-order valence-corrected chi connectivity index (χ2v) is 5.87. The summed E-state index contributed by atoms with van der Waals surface area (Å²) in [5.74, 6) is -0.606. The van der Waals surface area contributed by atoms with Gasteiger partial charge in [-0.1, -0.05) is 13.8 Å². The van der Waals surface area contributed by atoms with Gasteiger partial charge in [0.15, 0.2) is 0 Å². The molecule has 1 amide bonds. The number of benzene rings is 1. The van der Waals surface area contributed by atoms with Crippen LogP contribution in [-0.2, 0) is 6.54 Å². The van der Waals surface area contributed by atoms with Gasteiger partial charge in [0.25, 0.3) is 0 Å². The standard InChI is InChI=1S/C15H23FN2O2/c1-10(2)7-15(3,20)9-18-8-12-6-11(14(17)19)4-5-13(12)16/h4-6,10,18,20H,7-9H2,1-3H3,(H2,17,19). The van der Waals surface area contributed by atoms with Crippen molar-refractivity contribution in [1.82, 2.24) is 5.32 Å². The number of rotatable bonds is 7. The molecule has 4 N–H and O–H groups in total. The molecule has 1 rings (SSSR count). The maximum atomic E-state index is 13.6. The molecule has 0 saturated heterocycles. The van der Waals surface area contributed by atoms with Gasteiger partial charge in [-0.15, -0.1) is 0 Å². The molecule has 4 nitrogen and oxygen atoms in total. The Hall–Kier alpha value is -1.46. The lowest BCUT2D eigenvalue weighted by Gasteiger charge is -2.25. The molecule has 1 atom stereocenters. The minimum Gasteiger partial charge on any atom is -0.389 e. The molecular formula is C15H23FN2O2. The number of carbonyl (C=O) groups excluding carboxylic acids is 1. The first-order valence-electron chi connectivity index (χ1n) is 6.72. The fourth-order valence-electron chi connectivity index (χ4n) is 2.28. The lowest BCUT2D eigenvalue weighted by molar-refractivity contribution is 0.0382. The van der Waals surface area contributed by atoms with Crippen LogP contribution in [0, 0.1) is 11.7 Å². The number of nitrogens with two attached hydrogens (primary N) is 1. The number of hydrogen-bond acceptors (Lipinski definition) is 3. The number of aliphatic hydroxyl groups is 1. The van der Waals surface area contributed by atoms with Gasteiger partial charge in [0.2, 0.25) is 5.91 Å². The predicted octanol–water partition coefficient (Wildman–Crippen LogP) is 1.81. The molecule has 20 heavy (non-hydrogen) atoms. The van der Waals surface area contributed by atoms with Crippen LogP contribution in [0.4, 0.5) is 4.39 Å². The van der Waals surface area contributed by atoms with Gasteiger partial charge >= 0.3 is 0 Å². The SMILES string of the molecule is CC(C)CC(C)(O)CNCc1cc(C(N)=O)ccc1F. The maximum absolute atomic E-state index is 13.6. The molecular weight excluding hydrogens is 259 g/mol. The van der Waals surface area contributed by atoms with Crippen LogP contribution in [0.5, 0.6) is 0 Å². The van der Waals surface area contributed by atoms with Crippen LogP contribution in [-0.4, -0.2) is 23.2 Å². The van der Waals surface area contributed by atoms with Crippen molar-refractivity contribution in [3.8, 4) is 0 Å². The minimum absolute atomic E-state index is 0.237. The zero-order valence-electron chi connectivity index (χ0n) is 12.2. The Labute approximate surface area is 119 Å². The molecule has 0 aliphatic heterocycles. The molecule has 5 heteroatoms. The number of primary amides is 1. The second-order valence-electron chi connectivity index (χ2n) is 5.87. The van der Waals surface area contributed by atoms with Crippen LogP contribution < -0.4 is 11.1 Å². The molecule has 1 aromatic rings. The number of carbonyl (C=O) groups is 1. The third-order valence-corrected chi connectivity index (χ3v) is 3.00. The average Bonchev–Trinajstić information content (AvgIpc) is 2.29. The van der Waals surface area contributed by atoms with Gasteiger partial charge in [-0.2, -0.15) is 0 Å². The second kappa shape index (κ2) is 6.81. The Balaban J connectivity index is 2.62. The predicted molar refractivity (Wildman–Crippen MR) is 76.7 cm³/mol. The molecule has 0 fully saturated rings. The van der Waals surface area contributed by atoms with E-state index in [0.717, 1.165) is 0 Å². The smallest absolute Gasteiger partial charge is 0.248 e. The summed E-state index contributed by atoms with van der Waals surface area (Å²) in [6, 6.07) is 4.02. The Morgan fingerprint density at radius 3 is 2.70 bits per heavy atom. The van der Waals surface area contributed by atoms with E-state index in [1.165, 1.54) is 18.2 Å². The average molecular weight is 282 g/mol. The molecule has 0 aromatic heterocycles. The van der Waals surface area contributed by atoms with Crippen molar-refractivity contribution < 1.29 is 14.3 Å².